The number of nitrogens with one attached hydrogen (secondary N) is 2. The van der Waals surface area contributed by atoms with Gasteiger partial charge >= 0.3 is 5.97 Å². The quantitative estimate of drug-likeness (QED) is 0.627. The molecule has 1 aromatic heterocycles. The number of hydrogen-bond donors (Lipinski definition) is 2. The van der Waals surface area contributed by atoms with Crippen LogP contribution in [0.1, 0.15) is 27.3 Å². The molecule has 0 unspecified atom stereocenters. The minimum Gasteiger partial charge on any atom is -0.464 e. The highest BCUT2D eigenvalue weighted by atomic mass is 16.5. The lowest BCUT2D eigenvalue weighted by atomic mass is 10.1. The van der Waals surface area contributed by atoms with Crippen LogP contribution in [0.2, 0.25) is 0 Å². The van der Waals surface area contributed by atoms with E-state index in [1.165, 1.54) is 18.2 Å². The smallest absolute Gasteiger partial charge is 0.354 e. The van der Waals surface area contributed by atoms with E-state index >= 15 is 0 Å². The molecule has 0 fully saturated rings. The van der Waals surface area contributed by atoms with Crippen LogP contribution >= 0.6 is 0 Å². The molecule has 2 rings (SSSR count). The molecule has 0 saturated carbocycles. The van der Waals surface area contributed by atoms with Crippen LogP contribution in [0.5, 0.6) is 0 Å². The van der Waals surface area contributed by atoms with Gasteiger partial charge in [-0.2, -0.15) is 0 Å². The number of aryl methyl sites for hydroxylation is 1. The third-order valence-electron chi connectivity index (χ3n) is 3.14. The van der Waals surface area contributed by atoms with Crippen LogP contribution in [0.25, 0.3) is 0 Å². The number of benzene rings is 1. The summed E-state index contributed by atoms with van der Waals surface area (Å²) >= 11 is 0. The highest BCUT2D eigenvalue weighted by Gasteiger charge is 2.07. The fraction of sp³-hybridized carbons (Fsp3) is 0.312. The number of rotatable bonds is 6. The molecule has 2 aromatic rings. The van der Waals surface area contributed by atoms with E-state index in [1.807, 2.05) is 6.07 Å². The lowest BCUT2D eigenvalue weighted by molar-refractivity contribution is 0.0594. The Kier molecular flexibility index (Phi) is 4.96. The largest absolute Gasteiger partial charge is 0.464 e. The zero-order valence-corrected chi connectivity index (χ0v) is 11.9. The van der Waals surface area contributed by atoms with E-state index in [0.717, 1.165) is 18.7 Å². The van der Waals surface area contributed by atoms with Gasteiger partial charge in [0, 0.05) is 12.2 Å². The van der Waals surface area contributed by atoms with Crippen LogP contribution < -0.4 is 5.32 Å². The van der Waals surface area contributed by atoms with E-state index in [0.29, 0.717) is 12.2 Å². The van der Waals surface area contributed by atoms with Gasteiger partial charge in [0.1, 0.15) is 5.69 Å². The van der Waals surface area contributed by atoms with E-state index in [1.54, 1.807) is 6.07 Å². The summed E-state index contributed by atoms with van der Waals surface area (Å²) in [5.41, 5.74) is 4.09. The first-order valence-electron chi connectivity index (χ1n) is 6.71. The van der Waals surface area contributed by atoms with Crippen LogP contribution in [-0.4, -0.2) is 24.6 Å². The summed E-state index contributed by atoms with van der Waals surface area (Å²) in [6.07, 6.45) is 0.992. The molecule has 0 aliphatic rings. The molecule has 0 spiro atoms. The first kappa shape index (κ1) is 14.3. The molecule has 4 heteroatoms. The fourth-order valence-electron chi connectivity index (χ4n) is 2.10. The highest BCUT2D eigenvalue weighted by molar-refractivity contribution is 5.87. The van der Waals surface area contributed by atoms with Crippen molar-refractivity contribution < 1.29 is 9.53 Å². The average molecular weight is 272 g/mol. The number of aromatic amines is 1. The minimum absolute atomic E-state index is 0.337. The fourth-order valence-corrected chi connectivity index (χ4v) is 2.10. The van der Waals surface area contributed by atoms with E-state index in [4.69, 9.17) is 0 Å². The number of esters is 1. The molecule has 0 bridgehead atoms. The minimum atomic E-state index is -0.337. The van der Waals surface area contributed by atoms with Crippen molar-refractivity contribution in [2.75, 3.05) is 13.7 Å². The number of carbonyl (C=O) groups is 1. The summed E-state index contributed by atoms with van der Waals surface area (Å²) in [7, 11) is 1.38. The zero-order chi connectivity index (χ0) is 14.4. The third kappa shape index (κ3) is 3.96. The van der Waals surface area contributed by atoms with Crippen molar-refractivity contribution in [1.29, 1.82) is 0 Å². The Bertz CT molecular complexity index is 575. The van der Waals surface area contributed by atoms with Gasteiger partial charge in [-0.3, -0.25) is 0 Å². The van der Waals surface area contributed by atoms with E-state index in [9.17, 15) is 4.79 Å². The highest BCUT2D eigenvalue weighted by Crippen LogP contribution is 2.05. The van der Waals surface area contributed by atoms with Gasteiger partial charge in [0.25, 0.3) is 0 Å². The van der Waals surface area contributed by atoms with Gasteiger partial charge in [-0.15, -0.1) is 0 Å². The lowest BCUT2D eigenvalue weighted by Gasteiger charge is -2.04. The van der Waals surface area contributed by atoms with E-state index < -0.39 is 0 Å². The molecule has 0 radical (unpaired) electrons. The molecule has 20 heavy (non-hydrogen) atoms. The van der Waals surface area contributed by atoms with E-state index in [-0.39, 0.29) is 5.97 Å². The Morgan fingerprint density at radius 3 is 2.90 bits per heavy atom. The molecule has 0 aliphatic heterocycles. The second kappa shape index (κ2) is 6.91. The first-order valence-corrected chi connectivity index (χ1v) is 6.71. The summed E-state index contributed by atoms with van der Waals surface area (Å²) in [4.78, 5) is 14.3. The average Bonchev–Trinajstić information content (AvgIpc) is 2.92. The maximum atomic E-state index is 11.3. The Balaban J connectivity index is 1.76. The predicted octanol–water partition coefficient (Wildman–Crippen LogP) is 2.44. The molecule has 0 aliphatic carbocycles. The third-order valence-corrected chi connectivity index (χ3v) is 3.14. The van der Waals surface area contributed by atoms with Crippen LogP contribution in [0.3, 0.4) is 0 Å². The van der Waals surface area contributed by atoms with Gasteiger partial charge in [0.05, 0.1) is 7.11 Å². The number of ether oxygens (including phenoxy) is 1. The van der Waals surface area contributed by atoms with Crippen molar-refractivity contribution in [1.82, 2.24) is 10.3 Å². The van der Waals surface area contributed by atoms with Crippen LogP contribution in [-0.2, 0) is 17.7 Å². The van der Waals surface area contributed by atoms with Gasteiger partial charge in [-0.05, 0) is 37.6 Å². The predicted molar refractivity (Wildman–Crippen MR) is 78.7 cm³/mol. The molecule has 1 aromatic carbocycles. The Labute approximate surface area is 119 Å². The normalized spacial score (nSPS) is 10.5. The number of hydrogen-bond acceptors (Lipinski definition) is 3. The molecule has 0 saturated heterocycles. The first-order chi connectivity index (χ1) is 9.69. The molecule has 106 valence electrons. The molecule has 0 amide bonds. The molecule has 1 heterocycles. The van der Waals surface area contributed by atoms with Gasteiger partial charge in [0.2, 0.25) is 0 Å². The summed E-state index contributed by atoms with van der Waals surface area (Å²) in [5, 5.41) is 3.36. The monoisotopic (exact) mass is 272 g/mol. The van der Waals surface area contributed by atoms with Gasteiger partial charge in [-0.25, -0.2) is 4.79 Å². The van der Waals surface area contributed by atoms with Crippen LogP contribution in [0.4, 0.5) is 0 Å². The molecule has 4 nitrogen and oxygen atoms in total. The van der Waals surface area contributed by atoms with Gasteiger partial charge in [0.15, 0.2) is 0 Å². The van der Waals surface area contributed by atoms with Crippen molar-refractivity contribution >= 4 is 5.97 Å². The van der Waals surface area contributed by atoms with Crippen LogP contribution in [0.15, 0.2) is 36.4 Å². The standard InChI is InChI=1S/C16H20N2O2/c1-12-4-3-5-13(10-12)8-9-17-11-14-6-7-15(18-14)16(19)20-2/h3-7,10,17-18H,8-9,11H2,1-2H3. The zero-order valence-electron chi connectivity index (χ0n) is 11.9. The Morgan fingerprint density at radius 1 is 1.30 bits per heavy atom. The number of H-pyrrole nitrogens is 1. The van der Waals surface area contributed by atoms with Crippen molar-refractivity contribution in [2.24, 2.45) is 0 Å². The van der Waals surface area contributed by atoms with Crippen molar-refractivity contribution in [3.05, 3.63) is 58.9 Å². The molecule has 0 atom stereocenters. The van der Waals surface area contributed by atoms with Gasteiger partial charge < -0.3 is 15.0 Å². The summed E-state index contributed by atoms with van der Waals surface area (Å²) in [6.45, 7) is 3.71. The molecule has 2 N–H and O–H groups in total. The maximum absolute atomic E-state index is 11.3. The summed E-state index contributed by atoms with van der Waals surface area (Å²) in [5.74, 6) is -0.337. The number of methoxy groups -OCH3 is 1. The van der Waals surface area contributed by atoms with Crippen molar-refractivity contribution in [2.45, 2.75) is 19.9 Å². The van der Waals surface area contributed by atoms with Gasteiger partial charge in [-0.1, -0.05) is 29.8 Å². The summed E-state index contributed by atoms with van der Waals surface area (Å²) in [6, 6.07) is 12.2. The van der Waals surface area contributed by atoms with Crippen molar-refractivity contribution in [3.63, 3.8) is 0 Å². The molecular formula is C16H20N2O2. The topological polar surface area (TPSA) is 54.1 Å². The van der Waals surface area contributed by atoms with Crippen molar-refractivity contribution in [3.8, 4) is 0 Å². The molecular weight excluding hydrogens is 252 g/mol. The number of carbonyl (C=O) groups excluding carboxylic acids is 1. The Hall–Kier alpha value is -2.07. The summed E-state index contributed by atoms with van der Waals surface area (Å²) < 4.78 is 4.65. The Morgan fingerprint density at radius 2 is 2.15 bits per heavy atom. The second-order valence-corrected chi connectivity index (χ2v) is 4.80. The number of aromatic nitrogens is 1. The second-order valence-electron chi connectivity index (χ2n) is 4.80. The lowest BCUT2D eigenvalue weighted by Crippen LogP contribution is -2.17. The van der Waals surface area contributed by atoms with E-state index in [2.05, 4.69) is 46.2 Å². The SMILES string of the molecule is COC(=O)c1ccc(CNCCc2cccc(C)c2)[nH]1. The maximum Gasteiger partial charge on any atom is 0.354 e. The van der Waals surface area contributed by atoms with Crippen LogP contribution in [0, 0.1) is 6.92 Å².